The van der Waals surface area contributed by atoms with Crippen molar-refractivity contribution in [3.63, 3.8) is 0 Å². The van der Waals surface area contributed by atoms with E-state index < -0.39 is 0 Å². The number of hydrogen-bond acceptors (Lipinski definition) is 3. The van der Waals surface area contributed by atoms with Crippen molar-refractivity contribution in [1.82, 2.24) is 4.98 Å². The Labute approximate surface area is 151 Å². The predicted octanol–water partition coefficient (Wildman–Crippen LogP) is 4.54. The Morgan fingerprint density at radius 2 is 2.09 bits per heavy atom. The molecule has 0 radical (unpaired) electrons. The van der Waals surface area contributed by atoms with Gasteiger partial charge in [0.15, 0.2) is 0 Å². The summed E-state index contributed by atoms with van der Waals surface area (Å²) >= 11 is 2.36. The lowest BCUT2D eigenvalue weighted by Crippen LogP contribution is -2.33. The van der Waals surface area contributed by atoms with Crippen molar-refractivity contribution in [2.45, 2.75) is 38.6 Å². The second kappa shape index (κ2) is 6.55. The molecule has 1 atom stereocenters. The second-order valence-corrected chi connectivity index (χ2v) is 8.16. The van der Waals surface area contributed by atoms with E-state index >= 15 is 0 Å². The molecular formula is C19H23IN2O. The highest BCUT2D eigenvalue weighted by Crippen LogP contribution is 2.34. The fourth-order valence-electron chi connectivity index (χ4n) is 3.53. The number of aryl methyl sites for hydroxylation is 1. The minimum atomic E-state index is 0.512. The number of ether oxygens (including phenoxy) is 1. The van der Waals surface area contributed by atoms with Gasteiger partial charge in [0, 0.05) is 33.5 Å². The van der Waals surface area contributed by atoms with Crippen molar-refractivity contribution in [3.8, 4) is 0 Å². The summed E-state index contributed by atoms with van der Waals surface area (Å²) < 4.78 is 7.24. The lowest BCUT2D eigenvalue weighted by atomic mass is 10.1. The highest BCUT2D eigenvalue weighted by atomic mass is 127. The normalized spacial score (nSPS) is 21.3. The number of aromatic nitrogens is 1. The van der Waals surface area contributed by atoms with E-state index in [4.69, 9.17) is 9.72 Å². The van der Waals surface area contributed by atoms with Gasteiger partial charge in [-0.1, -0.05) is 0 Å². The second-order valence-electron chi connectivity index (χ2n) is 6.91. The first kappa shape index (κ1) is 15.6. The SMILES string of the molecule is Cc1cc(N2CCCC2COCC2CC2)c2ccc(I)cc2n1. The predicted molar refractivity (Wildman–Crippen MR) is 103 cm³/mol. The Kier molecular flexibility index (Phi) is 4.46. The first-order valence-corrected chi connectivity index (χ1v) is 9.70. The van der Waals surface area contributed by atoms with Gasteiger partial charge in [-0.3, -0.25) is 4.98 Å². The van der Waals surface area contributed by atoms with E-state index in [1.807, 2.05) is 0 Å². The average Bonchev–Trinajstić information content (AvgIpc) is 3.22. The first-order valence-electron chi connectivity index (χ1n) is 8.62. The number of anilines is 1. The first-order chi connectivity index (χ1) is 11.2. The smallest absolute Gasteiger partial charge is 0.0736 e. The van der Waals surface area contributed by atoms with Crippen LogP contribution in [0.4, 0.5) is 5.69 Å². The standard InChI is InChI=1S/C19H23IN2O/c1-13-9-19(17-7-6-15(20)10-18(17)21-13)22-8-2-3-16(22)12-23-11-14-4-5-14/h6-7,9-10,14,16H,2-5,8,11-12H2,1H3. The molecular weight excluding hydrogens is 399 g/mol. The average molecular weight is 422 g/mol. The van der Waals surface area contributed by atoms with Gasteiger partial charge in [0.25, 0.3) is 0 Å². The molecule has 1 aromatic heterocycles. The molecule has 1 unspecified atom stereocenters. The summed E-state index contributed by atoms with van der Waals surface area (Å²) in [4.78, 5) is 7.28. The quantitative estimate of drug-likeness (QED) is 0.662. The lowest BCUT2D eigenvalue weighted by Gasteiger charge is -2.28. The number of halogens is 1. The van der Waals surface area contributed by atoms with Crippen LogP contribution in [0.5, 0.6) is 0 Å². The molecule has 1 aliphatic heterocycles. The van der Waals surface area contributed by atoms with Gasteiger partial charge in [-0.05, 0) is 85.4 Å². The summed E-state index contributed by atoms with van der Waals surface area (Å²) in [6.45, 7) is 5.04. The van der Waals surface area contributed by atoms with E-state index in [2.05, 4.69) is 58.7 Å². The van der Waals surface area contributed by atoms with Crippen LogP contribution in [-0.4, -0.2) is 30.8 Å². The molecule has 0 amide bonds. The van der Waals surface area contributed by atoms with Crippen molar-refractivity contribution in [2.75, 3.05) is 24.7 Å². The van der Waals surface area contributed by atoms with Gasteiger partial charge in [-0.25, -0.2) is 0 Å². The monoisotopic (exact) mass is 422 g/mol. The van der Waals surface area contributed by atoms with Crippen LogP contribution in [0, 0.1) is 16.4 Å². The molecule has 23 heavy (non-hydrogen) atoms. The molecule has 2 heterocycles. The Bertz CT molecular complexity index is 709. The summed E-state index contributed by atoms with van der Waals surface area (Å²) in [5.74, 6) is 0.843. The minimum Gasteiger partial charge on any atom is -0.379 e. The highest BCUT2D eigenvalue weighted by Gasteiger charge is 2.28. The fourth-order valence-corrected chi connectivity index (χ4v) is 4.01. The third kappa shape index (κ3) is 3.48. The Hall–Kier alpha value is -0.880. The van der Waals surface area contributed by atoms with Crippen LogP contribution in [-0.2, 0) is 4.74 Å². The highest BCUT2D eigenvalue weighted by molar-refractivity contribution is 14.1. The maximum Gasteiger partial charge on any atom is 0.0736 e. The molecule has 2 aliphatic rings. The van der Waals surface area contributed by atoms with E-state index in [1.54, 1.807) is 0 Å². The van der Waals surface area contributed by atoms with Crippen molar-refractivity contribution in [1.29, 1.82) is 0 Å². The largest absolute Gasteiger partial charge is 0.379 e. The zero-order valence-corrected chi connectivity index (χ0v) is 15.8. The summed E-state index contributed by atoms with van der Waals surface area (Å²) in [6, 6.07) is 9.34. The molecule has 2 aromatic rings. The fraction of sp³-hybridized carbons (Fsp3) is 0.526. The van der Waals surface area contributed by atoms with Gasteiger partial charge in [-0.15, -0.1) is 0 Å². The third-order valence-electron chi connectivity index (χ3n) is 4.93. The number of pyridine rings is 1. The van der Waals surface area contributed by atoms with Crippen LogP contribution in [0.3, 0.4) is 0 Å². The van der Waals surface area contributed by atoms with Crippen LogP contribution < -0.4 is 4.90 Å². The van der Waals surface area contributed by atoms with Crippen molar-refractivity contribution in [2.24, 2.45) is 5.92 Å². The molecule has 1 aliphatic carbocycles. The van der Waals surface area contributed by atoms with E-state index in [0.29, 0.717) is 6.04 Å². The summed E-state index contributed by atoms with van der Waals surface area (Å²) in [5.41, 5.74) is 3.54. The summed E-state index contributed by atoms with van der Waals surface area (Å²) in [7, 11) is 0. The van der Waals surface area contributed by atoms with Gasteiger partial charge in [0.1, 0.15) is 0 Å². The summed E-state index contributed by atoms with van der Waals surface area (Å²) in [6.07, 6.45) is 5.21. The number of hydrogen-bond donors (Lipinski definition) is 0. The van der Waals surface area contributed by atoms with Crippen molar-refractivity contribution >= 4 is 39.2 Å². The van der Waals surface area contributed by atoms with Gasteiger partial charge in [-0.2, -0.15) is 0 Å². The number of benzene rings is 1. The zero-order chi connectivity index (χ0) is 15.8. The number of nitrogens with zero attached hydrogens (tertiary/aromatic N) is 2. The Balaban J connectivity index is 1.61. The van der Waals surface area contributed by atoms with Crippen molar-refractivity contribution < 1.29 is 4.74 Å². The van der Waals surface area contributed by atoms with Crippen LogP contribution in [0.1, 0.15) is 31.4 Å². The van der Waals surface area contributed by atoms with E-state index in [9.17, 15) is 0 Å². The van der Waals surface area contributed by atoms with Crippen molar-refractivity contribution in [3.05, 3.63) is 33.5 Å². The van der Waals surface area contributed by atoms with Crippen LogP contribution in [0.25, 0.3) is 10.9 Å². The molecule has 122 valence electrons. The van der Waals surface area contributed by atoms with Crippen LogP contribution >= 0.6 is 22.6 Å². The summed E-state index contributed by atoms with van der Waals surface area (Å²) in [5, 5.41) is 1.27. The molecule has 4 heteroatoms. The van der Waals surface area contributed by atoms with Crippen LogP contribution in [0.15, 0.2) is 24.3 Å². The molecule has 0 N–H and O–H groups in total. The number of fused-ring (bicyclic) bond motifs is 1. The maximum atomic E-state index is 6.00. The third-order valence-corrected chi connectivity index (χ3v) is 5.60. The topological polar surface area (TPSA) is 25.4 Å². The van der Waals surface area contributed by atoms with Gasteiger partial charge in [0.05, 0.1) is 18.2 Å². The van der Waals surface area contributed by atoms with Gasteiger partial charge < -0.3 is 9.64 Å². The molecule has 1 aromatic carbocycles. The molecule has 4 rings (SSSR count). The minimum absolute atomic E-state index is 0.512. The maximum absolute atomic E-state index is 6.00. The zero-order valence-electron chi connectivity index (χ0n) is 13.6. The van der Waals surface area contributed by atoms with E-state index in [0.717, 1.165) is 36.9 Å². The lowest BCUT2D eigenvalue weighted by molar-refractivity contribution is 0.112. The Morgan fingerprint density at radius 3 is 2.91 bits per heavy atom. The molecule has 1 saturated carbocycles. The van der Waals surface area contributed by atoms with Gasteiger partial charge >= 0.3 is 0 Å². The molecule has 1 saturated heterocycles. The van der Waals surface area contributed by atoms with Gasteiger partial charge in [0.2, 0.25) is 0 Å². The van der Waals surface area contributed by atoms with E-state index in [1.165, 1.54) is 40.3 Å². The molecule has 3 nitrogen and oxygen atoms in total. The van der Waals surface area contributed by atoms with Crippen LogP contribution in [0.2, 0.25) is 0 Å². The van der Waals surface area contributed by atoms with E-state index in [-0.39, 0.29) is 0 Å². The molecule has 0 spiro atoms. The molecule has 2 fully saturated rings. The Morgan fingerprint density at radius 1 is 1.22 bits per heavy atom. The number of rotatable bonds is 5. The molecule has 0 bridgehead atoms.